The number of hydrogen-bond donors (Lipinski definition) is 0. The van der Waals surface area contributed by atoms with Crippen LogP contribution in [0.1, 0.15) is 13.8 Å². The van der Waals surface area contributed by atoms with E-state index in [2.05, 4.69) is 54.6 Å². The molecule has 0 bridgehead atoms. The van der Waals surface area contributed by atoms with Crippen molar-refractivity contribution in [1.29, 1.82) is 0 Å². The number of halogens is 1. The fourth-order valence-electron chi connectivity index (χ4n) is 2.79. The van der Waals surface area contributed by atoms with Gasteiger partial charge < -0.3 is 0 Å². The van der Waals surface area contributed by atoms with E-state index in [1.165, 1.54) is 32.3 Å². The summed E-state index contributed by atoms with van der Waals surface area (Å²) in [5, 5.41) is 8.35. The quantitative estimate of drug-likeness (QED) is 0.312. The van der Waals surface area contributed by atoms with Crippen molar-refractivity contribution >= 4 is 43.9 Å². The topological polar surface area (TPSA) is 0 Å². The van der Waals surface area contributed by atoms with E-state index in [4.69, 9.17) is 11.6 Å². The Bertz CT molecular complexity index is 923. The second-order valence-corrected chi connectivity index (χ2v) is 5.25. The van der Waals surface area contributed by atoms with Crippen LogP contribution in [0, 0.1) is 0 Å². The molecule has 0 aliphatic carbocycles. The Kier molecular flexibility index (Phi) is 3.81. The van der Waals surface area contributed by atoms with Gasteiger partial charge in [-0.25, -0.2) is 0 Å². The van der Waals surface area contributed by atoms with Crippen LogP contribution in [0.2, 0.25) is 5.02 Å². The van der Waals surface area contributed by atoms with Gasteiger partial charge in [0, 0.05) is 5.02 Å². The summed E-state index contributed by atoms with van der Waals surface area (Å²) in [5.74, 6) is 0. The highest BCUT2D eigenvalue weighted by Gasteiger charge is 2.04. The molecule has 1 heteroatoms. The van der Waals surface area contributed by atoms with Crippen molar-refractivity contribution < 1.29 is 0 Å². The van der Waals surface area contributed by atoms with Gasteiger partial charge in [0.05, 0.1) is 0 Å². The highest BCUT2D eigenvalue weighted by molar-refractivity contribution is 6.32. The molecule has 4 aromatic carbocycles. The molecular weight excluding hydrogens is 276 g/mol. The van der Waals surface area contributed by atoms with Crippen molar-refractivity contribution in [2.75, 3.05) is 0 Å². The first-order valence-corrected chi connectivity index (χ1v) is 7.70. The van der Waals surface area contributed by atoms with Crippen molar-refractivity contribution in [1.82, 2.24) is 0 Å². The SMILES string of the molecule is CC.Clc1ccc2ccc3c4ccccc4ccc3c2c1. The Hall–Kier alpha value is -2.05. The molecule has 0 aliphatic heterocycles. The summed E-state index contributed by atoms with van der Waals surface area (Å²) in [6.07, 6.45) is 0. The molecule has 0 amide bonds. The van der Waals surface area contributed by atoms with Crippen molar-refractivity contribution in [2.24, 2.45) is 0 Å². The Morgan fingerprint density at radius 2 is 1.14 bits per heavy atom. The Morgan fingerprint density at radius 3 is 1.90 bits per heavy atom. The van der Waals surface area contributed by atoms with Crippen molar-refractivity contribution in [3.05, 3.63) is 71.8 Å². The summed E-state index contributed by atoms with van der Waals surface area (Å²) < 4.78 is 0. The number of hydrogen-bond acceptors (Lipinski definition) is 0. The highest BCUT2D eigenvalue weighted by atomic mass is 35.5. The summed E-state index contributed by atoms with van der Waals surface area (Å²) in [6, 6.07) is 23.3. The van der Waals surface area contributed by atoms with Crippen LogP contribution in [0.3, 0.4) is 0 Å². The molecule has 0 radical (unpaired) electrons. The van der Waals surface area contributed by atoms with Crippen LogP contribution >= 0.6 is 11.6 Å². The summed E-state index contributed by atoms with van der Waals surface area (Å²) in [4.78, 5) is 0. The second-order valence-electron chi connectivity index (χ2n) is 4.81. The highest BCUT2D eigenvalue weighted by Crippen LogP contribution is 2.32. The second kappa shape index (κ2) is 5.75. The molecule has 0 aliphatic rings. The average molecular weight is 293 g/mol. The fraction of sp³-hybridized carbons (Fsp3) is 0.100. The average Bonchev–Trinajstić information content (AvgIpc) is 2.56. The first kappa shape index (κ1) is 13.9. The molecule has 21 heavy (non-hydrogen) atoms. The van der Waals surface area contributed by atoms with Gasteiger partial charge in [0.2, 0.25) is 0 Å². The Labute approximate surface area is 130 Å². The molecule has 0 aromatic heterocycles. The lowest BCUT2D eigenvalue weighted by atomic mass is 9.97. The van der Waals surface area contributed by atoms with Gasteiger partial charge in [-0.1, -0.05) is 80.0 Å². The van der Waals surface area contributed by atoms with Crippen LogP contribution in [0.25, 0.3) is 32.3 Å². The van der Waals surface area contributed by atoms with Gasteiger partial charge in [0.15, 0.2) is 0 Å². The van der Waals surface area contributed by atoms with Crippen LogP contribution in [-0.2, 0) is 0 Å². The van der Waals surface area contributed by atoms with E-state index in [1.807, 2.05) is 26.0 Å². The van der Waals surface area contributed by atoms with Crippen molar-refractivity contribution in [2.45, 2.75) is 13.8 Å². The lowest BCUT2D eigenvalue weighted by molar-refractivity contribution is 1.50. The molecule has 0 N–H and O–H groups in total. The first-order chi connectivity index (χ1) is 10.3. The first-order valence-electron chi connectivity index (χ1n) is 7.33. The Morgan fingerprint density at radius 1 is 0.571 bits per heavy atom. The van der Waals surface area contributed by atoms with E-state index in [0.29, 0.717) is 0 Å². The number of rotatable bonds is 0. The van der Waals surface area contributed by atoms with E-state index in [9.17, 15) is 0 Å². The van der Waals surface area contributed by atoms with E-state index in [1.54, 1.807) is 0 Å². The van der Waals surface area contributed by atoms with Crippen LogP contribution in [0.5, 0.6) is 0 Å². The predicted molar refractivity (Wildman–Crippen MR) is 95.3 cm³/mol. The molecule has 0 nitrogen and oxygen atoms in total. The molecule has 0 saturated carbocycles. The van der Waals surface area contributed by atoms with Crippen LogP contribution < -0.4 is 0 Å². The van der Waals surface area contributed by atoms with Gasteiger partial charge in [-0.2, -0.15) is 0 Å². The van der Waals surface area contributed by atoms with Gasteiger partial charge in [-0.15, -0.1) is 0 Å². The summed E-state index contributed by atoms with van der Waals surface area (Å²) in [7, 11) is 0. The van der Waals surface area contributed by atoms with Gasteiger partial charge in [-0.3, -0.25) is 0 Å². The van der Waals surface area contributed by atoms with Crippen LogP contribution in [-0.4, -0.2) is 0 Å². The van der Waals surface area contributed by atoms with Gasteiger partial charge in [0.1, 0.15) is 0 Å². The third-order valence-electron chi connectivity index (χ3n) is 3.71. The normalized spacial score (nSPS) is 10.6. The lowest BCUT2D eigenvalue weighted by Crippen LogP contribution is -1.80. The third-order valence-corrected chi connectivity index (χ3v) is 3.94. The number of fused-ring (bicyclic) bond motifs is 5. The zero-order valence-corrected chi connectivity index (χ0v) is 13.0. The monoisotopic (exact) mass is 292 g/mol. The minimum absolute atomic E-state index is 0.785. The van der Waals surface area contributed by atoms with E-state index in [-0.39, 0.29) is 0 Å². The fourth-order valence-corrected chi connectivity index (χ4v) is 2.96. The van der Waals surface area contributed by atoms with E-state index >= 15 is 0 Å². The maximum atomic E-state index is 6.14. The molecule has 4 rings (SSSR count). The Balaban J connectivity index is 0.000000636. The van der Waals surface area contributed by atoms with Gasteiger partial charge in [-0.05, 0) is 44.5 Å². The van der Waals surface area contributed by atoms with E-state index in [0.717, 1.165) is 5.02 Å². The largest absolute Gasteiger partial charge is 0.0843 e. The number of benzene rings is 4. The molecule has 0 unspecified atom stereocenters. The zero-order valence-electron chi connectivity index (χ0n) is 12.2. The van der Waals surface area contributed by atoms with Crippen molar-refractivity contribution in [3.63, 3.8) is 0 Å². The lowest BCUT2D eigenvalue weighted by Gasteiger charge is -2.07. The van der Waals surface area contributed by atoms with E-state index < -0.39 is 0 Å². The summed E-state index contributed by atoms with van der Waals surface area (Å²) in [5.41, 5.74) is 0. The molecule has 0 atom stereocenters. The molecule has 0 saturated heterocycles. The molecule has 0 heterocycles. The maximum absolute atomic E-state index is 6.14. The molecule has 104 valence electrons. The summed E-state index contributed by atoms with van der Waals surface area (Å²) in [6.45, 7) is 4.00. The van der Waals surface area contributed by atoms with Gasteiger partial charge in [0.25, 0.3) is 0 Å². The van der Waals surface area contributed by atoms with Gasteiger partial charge >= 0.3 is 0 Å². The molecule has 0 fully saturated rings. The van der Waals surface area contributed by atoms with Crippen LogP contribution in [0.4, 0.5) is 0 Å². The third kappa shape index (κ3) is 2.36. The molecule has 0 spiro atoms. The standard InChI is InChI=1S/C18H11Cl.C2H6/c19-14-8-5-13-7-9-16-15-4-2-1-3-12(15)6-10-17(16)18(13)11-14;1-2/h1-11H;1-2H3. The molecular formula is C20H17Cl. The minimum atomic E-state index is 0.785. The van der Waals surface area contributed by atoms with Crippen LogP contribution in [0.15, 0.2) is 66.7 Å². The molecule has 4 aromatic rings. The predicted octanol–water partition coefficient (Wildman–Crippen LogP) is 6.83. The maximum Gasteiger partial charge on any atom is 0.0412 e. The zero-order chi connectivity index (χ0) is 14.8. The minimum Gasteiger partial charge on any atom is -0.0843 e. The smallest absolute Gasteiger partial charge is 0.0412 e. The van der Waals surface area contributed by atoms with Crippen molar-refractivity contribution in [3.8, 4) is 0 Å². The summed E-state index contributed by atoms with van der Waals surface area (Å²) >= 11 is 6.14.